The van der Waals surface area contributed by atoms with Crippen LogP contribution in [0.3, 0.4) is 0 Å². The highest BCUT2D eigenvalue weighted by Crippen LogP contribution is 2.20. The Bertz CT molecular complexity index is 857. The maximum atomic E-state index is 12.6. The molecule has 2 aromatic carbocycles. The Morgan fingerprint density at radius 1 is 1.04 bits per heavy atom. The molecular formula is C18H20N2O5S. The first-order valence-electron chi connectivity index (χ1n) is 8.14. The van der Waals surface area contributed by atoms with Gasteiger partial charge in [0.15, 0.2) is 0 Å². The van der Waals surface area contributed by atoms with E-state index in [0.29, 0.717) is 43.3 Å². The zero-order valence-electron chi connectivity index (χ0n) is 14.3. The molecule has 0 spiro atoms. The highest BCUT2D eigenvalue weighted by molar-refractivity contribution is 7.89. The van der Waals surface area contributed by atoms with Crippen LogP contribution in [0, 0.1) is 0 Å². The number of morpholine rings is 1. The number of ether oxygens (including phenoxy) is 2. The molecule has 1 saturated heterocycles. The van der Waals surface area contributed by atoms with Crippen molar-refractivity contribution in [1.82, 2.24) is 4.31 Å². The van der Waals surface area contributed by atoms with Crippen molar-refractivity contribution in [3.63, 3.8) is 0 Å². The van der Waals surface area contributed by atoms with Crippen molar-refractivity contribution in [2.75, 3.05) is 38.7 Å². The van der Waals surface area contributed by atoms with Gasteiger partial charge in [-0.05, 0) is 48.5 Å². The van der Waals surface area contributed by atoms with Crippen molar-refractivity contribution in [3.8, 4) is 5.75 Å². The lowest BCUT2D eigenvalue weighted by Crippen LogP contribution is -2.40. The number of amides is 1. The van der Waals surface area contributed by atoms with E-state index in [9.17, 15) is 13.2 Å². The minimum absolute atomic E-state index is 0.196. The third kappa shape index (κ3) is 4.04. The topological polar surface area (TPSA) is 84.9 Å². The van der Waals surface area contributed by atoms with Gasteiger partial charge < -0.3 is 14.8 Å². The van der Waals surface area contributed by atoms with Crippen LogP contribution in [0.4, 0.5) is 5.69 Å². The Kier molecular flexibility index (Phi) is 5.55. The second kappa shape index (κ2) is 7.86. The summed E-state index contributed by atoms with van der Waals surface area (Å²) in [5, 5.41) is 2.75. The second-order valence-electron chi connectivity index (χ2n) is 5.72. The van der Waals surface area contributed by atoms with Crippen molar-refractivity contribution < 1.29 is 22.7 Å². The number of sulfonamides is 1. The number of nitrogens with zero attached hydrogens (tertiary/aromatic N) is 1. The van der Waals surface area contributed by atoms with Gasteiger partial charge in [-0.15, -0.1) is 0 Å². The van der Waals surface area contributed by atoms with Gasteiger partial charge in [-0.2, -0.15) is 4.31 Å². The van der Waals surface area contributed by atoms with Crippen LogP contribution in [0.2, 0.25) is 0 Å². The Hall–Kier alpha value is -2.42. The number of nitrogens with one attached hydrogen (secondary N) is 1. The molecule has 0 bridgehead atoms. The van der Waals surface area contributed by atoms with Crippen LogP contribution in [0.5, 0.6) is 5.75 Å². The summed E-state index contributed by atoms with van der Waals surface area (Å²) in [7, 11) is -1.98. The van der Waals surface area contributed by atoms with Crippen LogP contribution in [0.1, 0.15) is 10.4 Å². The molecule has 1 N–H and O–H groups in total. The highest BCUT2D eigenvalue weighted by atomic mass is 32.2. The summed E-state index contributed by atoms with van der Waals surface area (Å²) >= 11 is 0. The van der Waals surface area contributed by atoms with E-state index in [-0.39, 0.29) is 10.8 Å². The van der Waals surface area contributed by atoms with E-state index in [4.69, 9.17) is 9.47 Å². The molecule has 138 valence electrons. The molecule has 0 unspecified atom stereocenters. The largest absolute Gasteiger partial charge is 0.497 e. The van der Waals surface area contributed by atoms with Crippen LogP contribution >= 0.6 is 0 Å². The Labute approximate surface area is 152 Å². The standard InChI is InChI=1S/C18H20N2O5S/c1-24-16-6-2-14(3-7-16)18(21)19-15-4-8-17(9-5-15)26(22,23)20-10-12-25-13-11-20/h2-9H,10-13H2,1H3,(H,19,21). The molecule has 1 aliphatic heterocycles. The Morgan fingerprint density at radius 2 is 1.65 bits per heavy atom. The lowest BCUT2D eigenvalue weighted by atomic mass is 10.2. The minimum atomic E-state index is -3.54. The van der Waals surface area contributed by atoms with Gasteiger partial charge in [-0.25, -0.2) is 8.42 Å². The lowest BCUT2D eigenvalue weighted by Gasteiger charge is -2.26. The van der Waals surface area contributed by atoms with Crippen molar-refractivity contribution in [1.29, 1.82) is 0 Å². The normalized spacial score (nSPS) is 15.4. The fourth-order valence-corrected chi connectivity index (χ4v) is 4.00. The van der Waals surface area contributed by atoms with E-state index in [2.05, 4.69) is 5.32 Å². The quantitative estimate of drug-likeness (QED) is 0.862. The van der Waals surface area contributed by atoms with Crippen LogP contribution in [0.15, 0.2) is 53.4 Å². The summed E-state index contributed by atoms with van der Waals surface area (Å²) in [6, 6.07) is 12.9. The van der Waals surface area contributed by atoms with Gasteiger partial charge in [0.05, 0.1) is 25.2 Å². The highest BCUT2D eigenvalue weighted by Gasteiger charge is 2.26. The molecule has 1 aliphatic rings. The molecule has 1 amide bonds. The van der Waals surface area contributed by atoms with Crippen LogP contribution in [0.25, 0.3) is 0 Å². The number of rotatable bonds is 5. The molecule has 7 nitrogen and oxygen atoms in total. The molecule has 0 aliphatic carbocycles. The Morgan fingerprint density at radius 3 is 2.23 bits per heavy atom. The van der Waals surface area contributed by atoms with Crippen LogP contribution in [-0.4, -0.2) is 52.0 Å². The van der Waals surface area contributed by atoms with E-state index < -0.39 is 10.0 Å². The number of hydrogen-bond acceptors (Lipinski definition) is 5. The molecule has 0 aromatic heterocycles. The molecule has 1 heterocycles. The average molecular weight is 376 g/mol. The molecule has 3 rings (SSSR count). The van der Waals surface area contributed by atoms with Gasteiger partial charge in [0.2, 0.25) is 10.0 Å². The number of methoxy groups -OCH3 is 1. The summed E-state index contributed by atoms with van der Waals surface area (Å²) in [5.41, 5.74) is 1.00. The van der Waals surface area contributed by atoms with E-state index >= 15 is 0 Å². The molecule has 0 saturated carbocycles. The number of anilines is 1. The van der Waals surface area contributed by atoms with Crippen LogP contribution < -0.4 is 10.1 Å². The zero-order valence-corrected chi connectivity index (χ0v) is 15.2. The summed E-state index contributed by atoms with van der Waals surface area (Å²) in [6.45, 7) is 1.49. The SMILES string of the molecule is COc1ccc(C(=O)Nc2ccc(S(=O)(=O)N3CCOCC3)cc2)cc1. The van der Waals surface area contributed by atoms with Gasteiger partial charge in [0, 0.05) is 24.3 Å². The number of carbonyl (C=O) groups excluding carboxylic acids is 1. The Balaban J connectivity index is 1.69. The predicted octanol–water partition coefficient (Wildman–Crippen LogP) is 1.97. The lowest BCUT2D eigenvalue weighted by molar-refractivity contribution is 0.0730. The fourth-order valence-electron chi connectivity index (χ4n) is 2.59. The first-order valence-corrected chi connectivity index (χ1v) is 9.58. The maximum Gasteiger partial charge on any atom is 0.255 e. The average Bonchev–Trinajstić information content (AvgIpc) is 2.69. The number of hydrogen-bond donors (Lipinski definition) is 1. The second-order valence-corrected chi connectivity index (χ2v) is 7.66. The maximum absolute atomic E-state index is 12.6. The summed E-state index contributed by atoms with van der Waals surface area (Å²) < 4.78 is 36.8. The summed E-state index contributed by atoms with van der Waals surface area (Å²) in [5.74, 6) is 0.385. The molecule has 0 radical (unpaired) electrons. The van der Waals surface area contributed by atoms with Gasteiger partial charge >= 0.3 is 0 Å². The van der Waals surface area contributed by atoms with Gasteiger partial charge in [-0.3, -0.25) is 4.79 Å². The fraction of sp³-hybridized carbons (Fsp3) is 0.278. The number of benzene rings is 2. The van der Waals surface area contributed by atoms with Crippen LogP contribution in [-0.2, 0) is 14.8 Å². The molecular weight excluding hydrogens is 356 g/mol. The first-order chi connectivity index (χ1) is 12.5. The van der Waals surface area contributed by atoms with Crippen molar-refractivity contribution in [3.05, 3.63) is 54.1 Å². The monoisotopic (exact) mass is 376 g/mol. The predicted molar refractivity (Wildman–Crippen MR) is 97.0 cm³/mol. The van der Waals surface area contributed by atoms with Crippen molar-refractivity contribution in [2.45, 2.75) is 4.90 Å². The summed E-state index contributed by atoms with van der Waals surface area (Å²) in [4.78, 5) is 12.4. The number of carbonyl (C=O) groups is 1. The van der Waals surface area contributed by atoms with Gasteiger partial charge in [0.25, 0.3) is 5.91 Å². The molecule has 0 atom stereocenters. The van der Waals surface area contributed by atoms with Gasteiger partial charge in [0.1, 0.15) is 5.75 Å². The zero-order chi connectivity index (χ0) is 18.6. The van der Waals surface area contributed by atoms with Crippen molar-refractivity contribution in [2.24, 2.45) is 0 Å². The van der Waals surface area contributed by atoms with E-state index in [0.717, 1.165) is 0 Å². The molecule has 8 heteroatoms. The smallest absolute Gasteiger partial charge is 0.255 e. The summed E-state index contributed by atoms with van der Waals surface area (Å²) in [6.07, 6.45) is 0. The first kappa shape index (κ1) is 18.4. The molecule has 2 aromatic rings. The van der Waals surface area contributed by atoms with E-state index in [1.165, 1.54) is 16.4 Å². The molecule has 26 heavy (non-hydrogen) atoms. The van der Waals surface area contributed by atoms with E-state index in [1.807, 2.05) is 0 Å². The van der Waals surface area contributed by atoms with E-state index in [1.54, 1.807) is 43.5 Å². The third-order valence-electron chi connectivity index (χ3n) is 4.07. The van der Waals surface area contributed by atoms with Gasteiger partial charge in [-0.1, -0.05) is 0 Å². The third-order valence-corrected chi connectivity index (χ3v) is 5.99. The van der Waals surface area contributed by atoms with Crippen molar-refractivity contribution >= 4 is 21.6 Å². The minimum Gasteiger partial charge on any atom is -0.497 e. The molecule has 1 fully saturated rings.